The average molecular weight is 316 g/mol. The number of ether oxygens (including phenoxy) is 1. The zero-order chi connectivity index (χ0) is 16.4. The number of aliphatic imine (C=N–C) groups is 1. The van der Waals surface area contributed by atoms with Crippen LogP contribution in [0, 0.1) is 0 Å². The van der Waals surface area contributed by atoms with Crippen molar-refractivity contribution in [1.29, 1.82) is 0 Å². The highest BCUT2D eigenvalue weighted by molar-refractivity contribution is 5.94. The number of benzene rings is 1. The first kappa shape index (κ1) is 14.4. The number of fused-ring (bicyclic) bond motifs is 1. The van der Waals surface area contributed by atoms with Crippen molar-refractivity contribution in [2.45, 2.75) is 6.61 Å². The maximum absolute atomic E-state index is 5.95. The summed E-state index contributed by atoms with van der Waals surface area (Å²) in [6.07, 6.45) is 7.38. The van der Waals surface area contributed by atoms with Crippen molar-refractivity contribution < 1.29 is 4.74 Å². The Bertz CT molecular complexity index is 948. The van der Waals surface area contributed by atoms with Gasteiger partial charge in [0.1, 0.15) is 18.2 Å². The molecule has 3 aromatic rings. The second-order valence-corrected chi connectivity index (χ2v) is 5.61. The third kappa shape index (κ3) is 2.84. The standard InChI is InChI=1S/C19H16N4O/c20-19-9-18(24-12-13-2-1-6-21-10-13)16-4-3-14(8-17(16)23-19)15-5-7-22-11-15/h1-10H,11-12H2,(H2,20,23). The number of hydrogen-bond acceptors (Lipinski definition) is 5. The van der Waals surface area contributed by atoms with Crippen molar-refractivity contribution >= 4 is 28.5 Å². The molecule has 1 aliphatic rings. The molecule has 5 nitrogen and oxygen atoms in total. The zero-order valence-electron chi connectivity index (χ0n) is 13.0. The molecule has 0 unspecified atom stereocenters. The van der Waals surface area contributed by atoms with Gasteiger partial charge in [-0.05, 0) is 35.4 Å². The minimum Gasteiger partial charge on any atom is -0.488 e. The van der Waals surface area contributed by atoms with Crippen molar-refractivity contribution in [2.24, 2.45) is 4.99 Å². The number of hydrogen-bond donors (Lipinski definition) is 1. The van der Waals surface area contributed by atoms with Crippen LogP contribution < -0.4 is 10.5 Å². The van der Waals surface area contributed by atoms with Crippen molar-refractivity contribution in [1.82, 2.24) is 9.97 Å². The molecule has 2 N–H and O–H groups in total. The molecule has 0 fully saturated rings. The van der Waals surface area contributed by atoms with E-state index in [1.54, 1.807) is 18.5 Å². The molecule has 24 heavy (non-hydrogen) atoms. The molecule has 0 spiro atoms. The van der Waals surface area contributed by atoms with Crippen LogP contribution in [0.2, 0.25) is 0 Å². The van der Waals surface area contributed by atoms with Crippen LogP contribution in [-0.2, 0) is 6.61 Å². The van der Waals surface area contributed by atoms with Gasteiger partial charge in [-0.3, -0.25) is 9.98 Å². The third-order valence-corrected chi connectivity index (χ3v) is 3.92. The first-order chi connectivity index (χ1) is 11.8. The summed E-state index contributed by atoms with van der Waals surface area (Å²) in [5, 5.41) is 0.941. The number of allylic oxidation sites excluding steroid dienone is 1. The van der Waals surface area contributed by atoms with Gasteiger partial charge in [-0.15, -0.1) is 0 Å². The number of nitrogen functional groups attached to an aromatic ring is 1. The van der Waals surface area contributed by atoms with Crippen molar-refractivity contribution in [2.75, 3.05) is 12.3 Å². The van der Waals surface area contributed by atoms with Gasteiger partial charge in [0, 0.05) is 35.6 Å². The lowest BCUT2D eigenvalue weighted by atomic mass is 10.0. The smallest absolute Gasteiger partial charge is 0.132 e. The van der Waals surface area contributed by atoms with Crippen molar-refractivity contribution in [3.63, 3.8) is 0 Å². The van der Waals surface area contributed by atoms with Crippen molar-refractivity contribution in [3.05, 3.63) is 66.0 Å². The van der Waals surface area contributed by atoms with Crippen molar-refractivity contribution in [3.8, 4) is 5.75 Å². The lowest BCUT2D eigenvalue weighted by molar-refractivity contribution is 0.309. The number of nitrogens with two attached hydrogens (primary N) is 1. The molecule has 4 rings (SSSR count). The highest BCUT2D eigenvalue weighted by Gasteiger charge is 2.10. The fourth-order valence-corrected chi connectivity index (χ4v) is 2.71. The molecule has 0 aliphatic carbocycles. The molecular formula is C19H16N4O. The van der Waals surface area contributed by atoms with Crippen LogP contribution in [0.5, 0.6) is 5.75 Å². The van der Waals surface area contributed by atoms with Gasteiger partial charge in [-0.1, -0.05) is 12.1 Å². The summed E-state index contributed by atoms with van der Waals surface area (Å²) >= 11 is 0. The predicted octanol–water partition coefficient (Wildman–Crippen LogP) is 3.26. The molecular weight excluding hydrogens is 300 g/mol. The molecule has 118 valence electrons. The topological polar surface area (TPSA) is 73.4 Å². The molecule has 0 saturated carbocycles. The second-order valence-electron chi connectivity index (χ2n) is 5.61. The van der Waals surface area contributed by atoms with E-state index in [9.17, 15) is 0 Å². The van der Waals surface area contributed by atoms with Gasteiger partial charge in [-0.2, -0.15) is 0 Å². The summed E-state index contributed by atoms with van der Waals surface area (Å²) in [5.41, 5.74) is 10.1. The molecule has 0 amide bonds. The number of aromatic nitrogens is 2. The SMILES string of the molecule is Nc1cc(OCc2cccnc2)c2ccc(C3=CC=NC3)cc2n1. The summed E-state index contributed by atoms with van der Waals surface area (Å²) in [6, 6.07) is 11.7. The second kappa shape index (κ2) is 6.12. The van der Waals surface area contributed by atoms with E-state index in [1.165, 1.54) is 5.57 Å². The lowest BCUT2D eigenvalue weighted by Crippen LogP contribution is -1.99. The summed E-state index contributed by atoms with van der Waals surface area (Å²) in [7, 11) is 0. The molecule has 2 aromatic heterocycles. The first-order valence-corrected chi connectivity index (χ1v) is 7.71. The highest BCUT2D eigenvalue weighted by atomic mass is 16.5. The van der Waals surface area contributed by atoms with Crippen LogP contribution in [0.1, 0.15) is 11.1 Å². The van der Waals surface area contributed by atoms with Gasteiger partial charge >= 0.3 is 0 Å². The van der Waals surface area contributed by atoms with E-state index in [0.29, 0.717) is 19.0 Å². The van der Waals surface area contributed by atoms with E-state index in [-0.39, 0.29) is 0 Å². The van der Waals surface area contributed by atoms with Crippen LogP contribution in [0.3, 0.4) is 0 Å². The normalized spacial score (nSPS) is 13.2. The Morgan fingerprint density at radius 3 is 2.92 bits per heavy atom. The number of anilines is 1. The van der Waals surface area contributed by atoms with E-state index in [0.717, 1.165) is 27.8 Å². The molecule has 0 saturated heterocycles. The minimum absolute atomic E-state index is 0.438. The largest absolute Gasteiger partial charge is 0.488 e. The third-order valence-electron chi connectivity index (χ3n) is 3.92. The van der Waals surface area contributed by atoms with Crippen LogP contribution in [0.15, 0.2) is 59.9 Å². The van der Waals surface area contributed by atoms with E-state index in [4.69, 9.17) is 10.5 Å². The Kier molecular flexibility index (Phi) is 3.67. The molecule has 1 aromatic carbocycles. The Balaban J connectivity index is 1.67. The maximum Gasteiger partial charge on any atom is 0.132 e. The molecule has 5 heteroatoms. The Labute approximate surface area is 139 Å². The molecule has 0 radical (unpaired) electrons. The minimum atomic E-state index is 0.438. The van der Waals surface area contributed by atoms with Crippen LogP contribution in [-0.4, -0.2) is 22.7 Å². The van der Waals surface area contributed by atoms with Gasteiger partial charge in [0.2, 0.25) is 0 Å². The van der Waals surface area contributed by atoms with Crippen LogP contribution in [0.25, 0.3) is 16.5 Å². The quantitative estimate of drug-likeness (QED) is 0.802. The Morgan fingerprint density at radius 2 is 2.12 bits per heavy atom. The van der Waals surface area contributed by atoms with Gasteiger partial charge in [0.25, 0.3) is 0 Å². The van der Waals surface area contributed by atoms with E-state index < -0.39 is 0 Å². The van der Waals surface area contributed by atoms with E-state index in [2.05, 4.69) is 21.0 Å². The molecule has 0 bridgehead atoms. The molecule has 0 atom stereocenters. The predicted molar refractivity (Wildman–Crippen MR) is 96.1 cm³/mol. The Hall–Kier alpha value is -3.21. The van der Waals surface area contributed by atoms with Gasteiger partial charge in [0.05, 0.1) is 12.1 Å². The van der Waals surface area contributed by atoms with Crippen LogP contribution in [0.4, 0.5) is 5.82 Å². The maximum atomic E-state index is 5.95. The first-order valence-electron chi connectivity index (χ1n) is 7.71. The molecule has 1 aliphatic heterocycles. The Morgan fingerprint density at radius 1 is 1.17 bits per heavy atom. The number of rotatable bonds is 4. The summed E-state index contributed by atoms with van der Waals surface area (Å²) in [4.78, 5) is 12.8. The van der Waals surface area contributed by atoms with E-state index in [1.807, 2.05) is 36.6 Å². The monoisotopic (exact) mass is 316 g/mol. The fraction of sp³-hybridized carbons (Fsp3) is 0.105. The van der Waals surface area contributed by atoms with Gasteiger partial charge in [0.15, 0.2) is 0 Å². The van der Waals surface area contributed by atoms with Crippen LogP contribution >= 0.6 is 0 Å². The highest BCUT2D eigenvalue weighted by Crippen LogP contribution is 2.30. The zero-order valence-corrected chi connectivity index (χ0v) is 13.0. The number of pyridine rings is 2. The lowest BCUT2D eigenvalue weighted by Gasteiger charge is -2.11. The number of nitrogens with zero attached hydrogens (tertiary/aromatic N) is 3. The summed E-state index contributed by atoms with van der Waals surface area (Å²) in [5.74, 6) is 1.17. The summed E-state index contributed by atoms with van der Waals surface area (Å²) in [6.45, 7) is 1.14. The van der Waals surface area contributed by atoms with Gasteiger partial charge in [-0.25, -0.2) is 4.98 Å². The fourth-order valence-electron chi connectivity index (χ4n) is 2.71. The summed E-state index contributed by atoms with van der Waals surface area (Å²) < 4.78 is 5.95. The van der Waals surface area contributed by atoms with E-state index >= 15 is 0 Å². The average Bonchev–Trinajstić information content (AvgIpc) is 3.14. The van der Waals surface area contributed by atoms with Gasteiger partial charge < -0.3 is 10.5 Å². The molecule has 3 heterocycles.